The minimum Gasteiger partial charge on any atom is -0.374 e. The van der Waals surface area contributed by atoms with Gasteiger partial charge in [0.25, 0.3) is 0 Å². The Balaban J connectivity index is 1.80. The maximum Gasteiger partial charge on any atom is 0.223 e. The van der Waals surface area contributed by atoms with E-state index in [2.05, 4.69) is 15.5 Å². The Morgan fingerprint density at radius 1 is 1.50 bits per heavy atom. The summed E-state index contributed by atoms with van der Waals surface area (Å²) in [6.07, 6.45) is 2.60. The average molecular weight is 241 g/mol. The molecule has 1 aromatic heterocycles. The van der Waals surface area contributed by atoms with Gasteiger partial charge in [0, 0.05) is 12.0 Å². The van der Waals surface area contributed by atoms with Crippen LogP contribution in [0.4, 0.5) is 5.13 Å². The molecule has 1 amide bonds. The van der Waals surface area contributed by atoms with E-state index in [0.29, 0.717) is 11.7 Å². The monoisotopic (exact) mass is 241 g/mol. The van der Waals surface area contributed by atoms with Crippen LogP contribution in [0.3, 0.4) is 0 Å². The van der Waals surface area contributed by atoms with Gasteiger partial charge in [-0.1, -0.05) is 11.3 Å². The molecule has 1 heterocycles. The van der Waals surface area contributed by atoms with Crippen molar-refractivity contribution in [1.82, 2.24) is 15.5 Å². The molecule has 1 aliphatic carbocycles. The van der Waals surface area contributed by atoms with Crippen molar-refractivity contribution in [2.45, 2.75) is 31.8 Å². The predicted octanol–water partition coefficient (Wildman–Crippen LogP) is -0.136. The maximum absolute atomic E-state index is 11.7. The summed E-state index contributed by atoms with van der Waals surface area (Å²) in [5.41, 5.74) is 11.2. The van der Waals surface area contributed by atoms with Crippen LogP contribution in [0.5, 0.6) is 0 Å². The van der Waals surface area contributed by atoms with E-state index < -0.39 is 0 Å². The Kier molecular flexibility index (Phi) is 3.35. The van der Waals surface area contributed by atoms with Crippen molar-refractivity contribution in [1.29, 1.82) is 0 Å². The highest BCUT2D eigenvalue weighted by Crippen LogP contribution is 2.24. The number of nitrogens with one attached hydrogen (secondary N) is 1. The van der Waals surface area contributed by atoms with Crippen molar-refractivity contribution >= 4 is 22.4 Å². The summed E-state index contributed by atoms with van der Waals surface area (Å²) in [4.78, 5) is 11.7. The molecule has 0 radical (unpaired) electrons. The summed E-state index contributed by atoms with van der Waals surface area (Å²) < 4.78 is 0. The largest absolute Gasteiger partial charge is 0.374 e. The van der Waals surface area contributed by atoms with Gasteiger partial charge in [0.2, 0.25) is 11.0 Å². The first-order chi connectivity index (χ1) is 7.65. The Morgan fingerprint density at radius 3 is 2.88 bits per heavy atom. The highest BCUT2D eigenvalue weighted by molar-refractivity contribution is 7.15. The zero-order chi connectivity index (χ0) is 11.5. The van der Waals surface area contributed by atoms with Gasteiger partial charge in [-0.3, -0.25) is 4.79 Å². The van der Waals surface area contributed by atoms with Crippen molar-refractivity contribution in [2.24, 2.45) is 11.7 Å². The molecule has 2 atom stereocenters. The SMILES string of the molecule is Nc1nnc(CNC(=O)[C@H]2CC[C@@H](N)C2)s1. The summed E-state index contributed by atoms with van der Waals surface area (Å²) in [6, 6.07) is 0.174. The summed E-state index contributed by atoms with van der Waals surface area (Å²) in [7, 11) is 0. The minimum atomic E-state index is 0.0558. The molecular weight excluding hydrogens is 226 g/mol. The number of hydrogen-bond acceptors (Lipinski definition) is 6. The molecule has 5 N–H and O–H groups in total. The molecule has 1 saturated carbocycles. The molecule has 0 aromatic carbocycles. The molecule has 0 aliphatic heterocycles. The fourth-order valence-electron chi connectivity index (χ4n) is 1.90. The Hall–Kier alpha value is -1.21. The van der Waals surface area contributed by atoms with Gasteiger partial charge < -0.3 is 16.8 Å². The van der Waals surface area contributed by atoms with Gasteiger partial charge in [-0.05, 0) is 19.3 Å². The van der Waals surface area contributed by atoms with Crippen molar-refractivity contribution in [3.63, 3.8) is 0 Å². The van der Waals surface area contributed by atoms with E-state index in [4.69, 9.17) is 11.5 Å². The Morgan fingerprint density at radius 2 is 2.31 bits per heavy atom. The zero-order valence-corrected chi connectivity index (χ0v) is 9.67. The first-order valence-corrected chi connectivity index (χ1v) is 6.08. The highest BCUT2D eigenvalue weighted by Gasteiger charge is 2.27. The topological polar surface area (TPSA) is 107 Å². The zero-order valence-electron chi connectivity index (χ0n) is 8.85. The van der Waals surface area contributed by atoms with E-state index in [1.165, 1.54) is 11.3 Å². The number of nitrogen functional groups attached to an aromatic ring is 1. The second kappa shape index (κ2) is 4.75. The summed E-state index contributed by atoms with van der Waals surface area (Å²) in [6.45, 7) is 0.402. The van der Waals surface area contributed by atoms with Gasteiger partial charge in [-0.15, -0.1) is 10.2 Å². The number of nitrogens with two attached hydrogens (primary N) is 2. The van der Waals surface area contributed by atoms with E-state index in [-0.39, 0.29) is 17.9 Å². The molecule has 0 spiro atoms. The average Bonchev–Trinajstić information content (AvgIpc) is 2.84. The second-order valence-electron chi connectivity index (χ2n) is 4.02. The van der Waals surface area contributed by atoms with E-state index in [1.54, 1.807) is 0 Å². The van der Waals surface area contributed by atoms with Gasteiger partial charge in [-0.25, -0.2) is 0 Å². The maximum atomic E-state index is 11.7. The molecular formula is C9H15N5OS. The molecule has 88 valence electrons. The van der Waals surface area contributed by atoms with Gasteiger partial charge >= 0.3 is 0 Å². The standard InChI is InChI=1S/C9H15N5OS/c10-6-2-1-5(3-6)8(15)12-4-7-13-14-9(11)16-7/h5-6H,1-4,10H2,(H2,11,14)(H,12,15)/t5-,6+/m0/s1. The predicted molar refractivity (Wildman–Crippen MR) is 61.5 cm³/mol. The van der Waals surface area contributed by atoms with E-state index in [9.17, 15) is 4.79 Å². The van der Waals surface area contributed by atoms with Crippen molar-refractivity contribution in [3.8, 4) is 0 Å². The summed E-state index contributed by atoms with van der Waals surface area (Å²) in [5.74, 6) is 0.113. The van der Waals surface area contributed by atoms with Gasteiger partial charge in [0.15, 0.2) is 0 Å². The molecule has 2 rings (SSSR count). The van der Waals surface area contributed by atoms with Crippen LogP contribution in [-0.4, -0.2) is 22.1 Å². The third-order valence-electron chi connectivity index (χ3n) is 2.74. The smallest absolute Gasteiger partial charge is 0.223 e. The lowest BCUT2D eigenvalue weighted by atomic mass is 10.1. The molecule has 1 fully saturated rings. The van der Waals surface area contributed by atoms with Gasteiger partial charge in [0.1, 0.15) is 5.01 Å². The van der Waals surface area contributed by atoms with Crippen LogP contribution in [0, 0.1) is 5.92 Å². The molecule has 0 unspecified atom stereocenters. The molecule has 16 heavy (non-hydrogen) atoms. The number of rotatable bonds is 3. The molecule has 1 aromatic rings. The second-order valence-corrected chi connectivity index (χ2v) is 5.12. The van der Waals surface area contributed by atoms with Crippen LogP contribution < -0.4 is 16.8 Å². The van der Waals surface area contributed by atoms with Crippen LogP contribution >= 0.6 is 11.3 Å². The van der Waals surface area contributed by atoms with Crippen LogP contribution in [0.1, 0.15) is 24.3 Å². The first-order valence-electron chi connectivity index (χ1n) is 5.26. The van der Waals surface area contributed by atoms with Crippen LogP contribution in [0.15, 0.2) is 0 Å². The lowest BCUT2D eigenvalue weighted by Crippen LogP contribution is -2.29. The highest BCUT2D eigenvalue weighted by atomic mass is 32.1. The van der Waals surface area contributed by atoms with Crippen molar-refractivity contribution < 1.29 is 4.79 Å². The van der Waals surface area contributed by atoms with Crippen molar-refractivity contribution in [2.75, 3.05) is 5.73 Å². The normalized spacial score (nSPS) is 24.6. The molecule has 6 nitrogen and oxygen atoms in total. The van der Waals surface area contributed by atoms with E-state index >= 15 is 0 Å². The van der Waals surface area contributed by atoms with Crippen LogP contribution in [-0.2, 0) is 11.3 Å². The Labute approximate surface area is 97.4 Å². The van der Waals surface area contributed by atoms with Crippen LogP contribution in [0.25, 0.3) is 0 Å². The fourth-order valence-corrected chi connectivity index (χ4v) is 2.45. The number of carbonyl (C=O) groups is 1. The number of amides is 1. The molecule has 1 aliphatic rings. The summed E-state index contributed by atoms with van der Waals surface area (Å²) in [5, 5.41) is 11.5. The van der Waals surface area contributed by atoms with Gasteiger partial charge in [-0.2, -0.15) is 0 Å². The number of anilines is 1. The molecule has 0 bridgehead atoms. The molecule has 0 saturated heterocycles. The molecule has 7 heteroatoms. The first kappa shape index (κ1) is 11.3. The lowest BCUT2D eigenvalue weighted by Gasteiger charge is -2.08. The number of carbonyl (C=O) groups excluding carboxylic acids is 1. The number of nitrogens with zero attached hydrogens (tertiary/aromatic N) is 2. The van der Waals surface area contributed by atoms with Gasteiger partial charge in [0.05, 0.1) is 6.54 Å². The van der Waals surface area contributed by atoms with Crippen molar-refractivity contribution in [3.05, 3.63) is 5.01 Å². The number of aromatic nitrogens is 2. The Bertz CT molecular complexity index is 380. The third kappa shape index (κ3) is 2.67. The number of hydrogen-bond donors (Lipinski definition) is 3. The van der Waals surface area contributed by atoms with E-state index in [1.807, 2.05) is 0 Å². The lowest BCUT2D eigenvalue weighted by molar-refractivity contribution is -0.125. The summed E-state index contributed by atoms with van der Waals surface area (Å²) >= 11 is 1.29. The quantitative estimate of drug-likeness (QED) is 0.683. The fraction of sp³-hybridized carbons (Fsp3) is 0.667. The van der Waals surface area contributed by atoms with E-state index in [0.717, 1.165) is 24.3 Å². The van der Waals surface area contributed by atoms with Crippen LogP contribution in [0.2, 0.25) is 0 Å². The third-order valence-corrected chi connectivity index (χ3v) is 3.49. The minimum absolute atomic E-state index is 0.0558.